The standard InChI is InChI=1S/C30H27N3O6S/c1-5-38-23-12-8-20(9-13-23)25(34)16-39-30(37)21-6-10-22(11-7-21)33-27(35)14-26(29(33)36)40-28-24(15-31)18(3)17(2)19(4)32-28/h6-13,26H,5,14,16H2,1-4H3. The minimum atomic E-state index is -0.730. The van der Waals surface area contributed by atoms with Gasteiger partial charge in [0.2, 0.25) is 11.8 Å². The van der Waals surface area contributed by atoms with Crippen molar-refractivity contribution in [1.29, 1.82) is 5.26 Å². The van der Waals surface area contributed by atoms with Crippen molar-refractivity contribution in [3.63, 3.8) is 0 Å². The van der Waals surface area contributed by atoms with Crippen LogP contribution in [0.15, 0.2) is 53.6 Å². The zero-order valence-corrected chi connectivity index (χ0v) is 23.3. The van der Waals surface area contributed by atoms with E-state index in [0.717, 1.165) is 33.5 Å². The molecule has 1 saturated heterocycles. The molecule has 10 heteroatoms. The van der Waals surface area contributed by atoms with E-state index in [1.807, 2.05) is 27.7 Å². The van der Waals surface area contributed by atoms with Crippen LogP contribution in [-0.4, -0.2) is 47.0 Å². The first-order chi connectivity index (χ1) is 19.1. The molecule has 0 N–H and O–H groups in total. The monoisotopic (exact) mass is 557 g/mol. The van der Waals surface area contributed by atoms with Crippen molar-refractivity contribution in [1.82, 2.24) is 4.98 Å². The largest absolute Gasteiger partial charge is 0.494 e. The number of hydrogen-bond donors (Lipinski definition) is 0. The van der Waals surface area contributed by atoms with Crippen LogP contribution in [0.4, 0.5) is 5.69 Å². The van der Waals surface area contributed by atoms with E-state index >= 15 is 0 Å². The van der Waals surface area contributed by atoms with Crippen LogP contribution in [0.25, 0.3) is 0 Å². The van der Waals surface area contributed by atoms with Gasteiger partial charge in [-0.05, 0) is 87.4 Å². The number of ketones is 1. The fourth-order valence-corrected chi connectivity index (χ4v) is 5.39. The Labute approximate surface area is 236 Å². The van der Waals surface area contributed by atoms with Gasteiger partial charge in [0.25, 0.3) is 0 Å². The molecule has 40 heavy (non-hydrogen) atoms. The van der Waals surface area contributed by atoms with Crippen LogP contribution in [0, 0.1) is 32.1 Å². The first-order valence-corrected chi connectivity index (χ1v) is 13.5. The molecule has 1 aliphatic heterocycles. The summed E-state index contributed by atoms with van der Waals surface area (Å²) in [6.45, 7) is 7.50. The molecule has 2 heterocycles. The SMILES string of the molecule is CCOc1ccc(C(=O)COC(=O)c2ccc(N3C(=O)CC(Sc4nc(C)c(C)c(C)c4C#N)C3=O)cc2)cc1. The Bertz CT molecular complexity index is 1530. The molecule has 0 radical (unpaired) electrons. The van der Waals surface area contributed by atoms with Crippen LogP contribution < -0.4 is 9.64 Å². The average molecular weight is 558 g/mol. The van der Waals surface area contributed by atoms with E-state index in [2.05, 4.69) is 11.1 Å². The predicted octanol–water partition coefficient (Wildman–Crippen LogP) is 4.74. The quantitative estimate of drug-likeness (QED) is 0.208. The summed E-state index contributed by atoms with van der Waals surface area (Å²) < 4.78 is 10.5. The maximum absolute atomic E-state index is 13.2. The number of esters is 1. The number of benzene rings is 2. The molecule has 0 bridgehead atoms. The molecule has 0 aliphatic carbocycles. The number of thioether (sulfide) groups is 1. The lowest BCUT2D eigenvalue weighted by molar-refractivity contribution is -0.121. The fraction of sp³-hybridized carbons (Fsp3) is 0.267. The topological polar surface area (TPSA) is 127 Å². The lowest BCUT2D eigenvalue weighted by Crippen LogP contribution is -2.31. The summed E-state index contributed by atoms with van der Waals surface area (Å²) >= 11 is 1.11. The van der Waals surface area contributed by atoms with Gasteiger partial charge >= 0.3 is 5.97 Å². The van der Waals surface area contributed by atoms with Crippen molar-refractivity contribution < 1.29 is 28.7 Å². The van der Waals surface area contributed by atoms with Gasteiger partial charge in [-0.3, -0.25) is 14.4 Å². The highest BCUT2D eigenvalue weighted by Gasteiger charge is 2.41. The van der Waals surface area contributed by atoms with Crippen molar-refractivity contribution in [2.24, 2.45) is 0 Å². The number of ether oxygens (including phenoxy) is 2. The average Bonchev–Trinajstić information content (AvgIpc) is 3.23. The highest BCUT2D eigenvalue weighted by molar-refractivity contribution is 8.00. The van der Waals surface area contributed by atoms with E-state index in [-0.39, 0.29) is 17.8 Å². The molecule has 9 nitrogen and oxygen atoms in total. The second-order valence-corrected chi connectivity index (χ2v) is 10.3. The summed E-state index contributed by atoms with van der Waals surface area (Å²) in [5.74, 6) is -1.25. The van der Waals surface area contributed by atoms with Gasteiger partial charge in [-0.25, -0.2) is 14.7 Å². The van der Waals surface area contributed by atoms with E-state index in [1.54, 1.807) is 24.3 Å². The molecule has 1 atom stereocenters. The zero-order chi connectivity index (χ0) is 29.0. The molecular formula is C30H27N3O6S. The number of carbonyl (C=O) groups is 4. The summed E-state index contributed by atoms with van der Waals surface area (Å²) in [6.07, 6.45) is -0.0422. The molecule has 204 valence electrons. The Morgan fingerprint density at radius 2 is 1.68 bits per heavy atom. The summed E-state index contributed by atoms with van der Waals surface area (Å²) in [5.41, 5.74) is 3.74. The fourth-order valence-electron chi connectivity index (χ4n) is 4.18. The summed E-state index contributed by atoms with van der Waals surface area (Å²) in [4.78, 5) is 56.4. The number of hydrogen-bond acceptors (Lipinski definition) is 9. The minimum absolute atomic E-state index is 0.0422. The number of anilines is 1. The number of pyridine rings is 1. The highest BCUT2D eigenvalue weighted by Crippen LogP contribution is 2.36. The number of rotatable bonds is 9. The van der Waals surface area contributed by atoms with Gasteiger partial charge in [-0.15, -0.1) is 0 Å². The van der Waals surface area contributed by atoms with Gasteiger partial charge in [0.15, 0.2) is 12.4 Å². The molecule has 0 saturated carbocycles. The Morgan fingerprint density at radius 3 is 2.30 bits per heavy atom. The molecule has 0 spiro atoms. The molecule has 3 aromatic rings. The lowest BCUT2D eigenvalue weighted by atomic mass is 10.1. The second-order valence-electron chi connectivity index (χ2n) is 9.12. The third kappa shape index (κ3) is 5.90. The van der Waals surface area contributed by atoms with E-state index < -0.39 is 29.6 Å². The van der Waals surface area contributed by atoms with Gasteiger partial charge in [-0.1, -0.05) is 11.8 Å². The van der Waals surface area contributed by atoms with E-state index in [4.69, 9.17) is 9.47 Å². The zero-order valence-electron chi connectivity index (χ0n) is 22.5. The van der Waals surface area contributed by atoms with Crippen molar-refractivity contribution in [2.75, 3.05) is 18.1 Å². The van der Waals surface area contributed by atoms with Crippen LogP contribution in [0.1, 0.15) is 56.4 Å². The molecule has 2 amide bonds. The van der Waals surface area contributed by atoms with Gasteiger partial charge in [-0.2, -0.15) is 5.26 Å². The Morgan fingerprint density at radius 1 is 1.02 bits per heavy atom. The van der Waals surface area contributed by atoms with Gasteiger partial charge in [0.1, 0.15) is 16.8 Å². The first-order valence-electron chi connectivity index (χ1n) is 12.6. The molecule has 1 fully saturated rings. The highest BCUT2D eigenvalue weighted by atomic mass is 32.2. The molecular weight excluding hydrogens is 530 g/mol. The molecule has 4 rings (SSSR count). The smallest absolute Gasteiger partial charge is 0.338 e. The minimum Gasteiger partial charge on any atom is -0.494 e. The number of nitriles is 1. The number of amides is 2. The van der Waals surface area contributed by atoms with Gasteiger partial charge < -0.3 is 9.47 Å². The summed E-state index contributed by atoms with van der Waals surface area (Å²) in [6, 6.07) is 14.5. The number of Topliss-reactive ketones (excluding diaryl/α,β-unsaturated/α-hetero) is 1. The Hall–Kier alpha value is -4.49. The number of carbonyl (C=O) groups excluding carboxylic acids is 4. The number of imide groups is 1. The molecule has 2 aromatic carbocycles. The third-order valence-corrected chi connectivity index (χ3v) is 7.79. The third-order valence-electron chi connectivity index (χ3n) is 6.62. The van der Waals surface area contributed by atoms with E-state index in [9.17, 15) is 24.4 Å². The summed E-state index contributed by atoms with van der Waals surface area (Å²) in [5, 5.41) is 9.33. The molecule has 1 aliphatic rings. The summed E-state index contributed by atoms with van der Waals surface area (Å²) in [7, 11) is 0. The molecule has 1 aromatic heterocycles. The van der Waals surface area contributed by atoms with Crippen LogP contribution in [0.3, 0.4) is 0 Å². The van der Waals surface area contributed by atoms with Crippen LogP contribution in [-0.2, 0) is 14.3 Å². The molecule has 1 unspecified atom stereocenters. The van der Waals surface area contributed by atoms with Crippen molar-refractivity contribution >= 4 is 41.0 Å². The number of aromatic nitrogens is 1. The van der Waals surface area contributed by atoms with Gasteiger partial charge in [0, 0.05) is 17.7 Å². The van der Waals surface area contributed by atoms with Crippen molar-refractivity contribution in [3.05, 3.63) is 82.0 Å². The second kappa shape index (κ2) is 12.1. The maximum Gasteiger partial charge on any atom is 0.338 e. The Balaban J connectivity index is 1.40. The first kappa shape index (κ1) is 28.5. The van der Waals surface area contributed by atoms with Crippen LogP contribution in [0.2, 0.25) is 0 Å². The lowest BCUT2D eigenvalue weighted by Gasteiger charge is -2.16. The predicted molar refractivity (Wildman–Crippen MR) is 149 cm³/mol. The number of nitrogens with zero attached hydrogens (tertiary/aromatic N) is 3. The van der Waals surface area contributed by atoms with E-state index in [1.165, 1.54) is 24.3 Å². The number of aryl methyl sites for hydroxylation is 1. The Kier molecular flexibility index (Phi) is 8.65. The van der Waals surface area contributed by atoms with Crippen LogP contribution >= 0.6 is 11.8 Å². The normalized spacial score (nSPS) is 14.7. The maximum atomic E-state index is 13.2. The van der Waals surface area contributed by atoms with Crippen molar-refractivity contribution in [3.8, 4) is 11.8 Å². The van der Waals surface area contributed by atoms with E-state index in [0.29, 0.717) is 34.2 Å². The van der Waals surface area contributed by atoms with Crippen molar-refractivity contribution in [2.45, 2.75) is 44.4 Å². The van der Waals surface area contributed by atoms with Crippen LogP contribution in [0.5, 0.6) is 5.75 Å². The van der Waals surface area contributed by atoms with Gasteiger partial charge in [0.05, 0.1) is 28.7 Å².